The molecule has 9 rings (SSSR count). The zero-order valence-corrected chi connectivity index (χ0v) is 23.0. The molecule has 194 valence electrons. The van der Waals surface area contributed by atoms with E-state index in [1.807, 2.05) is 0 Å². The van der Waals surface area contributed by atoms with Crippen LogP contribution in [-0.4, -0.2) is 0 Å². The summed E-state index contributed by atoms with van der Waals surface area (Å²) >= 11 is 0. The van der Waals surface area contributed by atoms with Crippen molar-refractivity contribution in [2.45, 2.75) is 0 Å². The van der Waals surface area contributed by atoms with Crippen molar-refractivity contribution in [3.8, 4) is 22.3 Å². The quantitative estimate of drug-likeness (QED) is 0.154. The van der Waals surface area contributed by atoms with Gasteiger partial charge in [-0.2, -0.15) is 0 Å². The van der Waals surface area contributed by atoms with E-state index in [4.69, 9.17) is 0 Å². The van der Waals surface area contributed by atoms with Crippen molar-refractivity contribution in [1.82, 2.24) is 0 Å². The van der Waals surface area contributed by atoms with Crippen molar-refractivity contribution in [3.63, 3.8) is 0 Å². The fourth-order valence-corrected chi connectivity index (χ4v) is 7.15. The highest BCUT2D eigenvalue weighted by Crippen LogP contribution is 2.49. The SMILES string of the molecule is c1ccc2cc(-c3c4ccccc4c(-c4c5ccccc5cc5ccccc45)c4c3ccc3ccccc34)ccc2c1. The molecule has 0 fully saturated rings. The minimum absolute atomic E-state index is 1.25. The number of benzene rings is 9. The average Bonchev–Trinajstić information content (AvgIpc) is 3.06. The molecule has 0 aromatic heterocycles. The summed E-state index contributed by atoms with van der Waals surface area (Å²) in [5, 5.41) is 15.3. The van der Waals surface area contributed by atoms with Crippen LogP contribution in [0, 0.1) is 0 Å². The van der Waals surface area contributed by atoms with Crippen molar-refractivity contribution in [2.75, 3.05) is 0 Å². The molecule has 0 unspecified atom stereocenters. The molecule has 0 aliphatic carbocycles. The first-order valence-corrected chi connectivity index (χ1v) is 14.6. The fourth-order valence-electron chi connectivity index (χ4n) is 7.15. The highest BCUT2D eigenvalue weighted by atomic mass is 14.2. The molecular formula is C42H26. The number of rotatable bonds is 2. The lowest BCUT2D eigenvalue weighted by Gasteiger charge is -2.21. The minimum Gasteiger partial charge on any atom is -0.0616 e. The van der Waals surface area contributed by atoms with Crippen LogP contribution < -0.4 is 0 Å². The van der Waals surface area contributed by atoms with Crippen LogP contribution in [0.15, 0.2) is 158 Å². The van der Waals surface area contributed by atoms with Gasteiger partial charge in [0.2, 0.25) is 0 Å². The number of hydrogen-bond acceptors (Lipinski definition) is 0. The van der Waals surface area contributed by atoms with Crippen molar-refractivity contribution in [1.29, 1.82) is 0 Å². The standard InChI is InChI=1S/C42H26/c1-2-13-29-25-32(22-21-27(29)11-1)39-36-19-9-10-20-37(36)42(41-33-16-6-3-12-28(33)23-24-38(39)41)40-34-17-7-4-14-30(34)26-31-15-5-8-18-35(31)40/h1-26H. The smallest absolute Gasteiger partial charge is 0.000764 e. The Balaban J connectivity index is 1.56. The van der Waals surface area contributed by atoms with Gasteiger partial charge in [-0.15, -0.1) is 0 Å². The maximum atomic E-state index is 2.36. The predicted molar refractivity (Wildman–Crippen MR) is 182 cm³/mol. The highest BCUT2D eigenvalue weighted by molar-refractivity contribution is 6.32. The molecule has 0 nitrogen and oxygen atoms in total. The van der Waals surface area contributed by atoms with E-state index in [2.05, 4.69) is 158 Å². The lowest BCUT2D eigenvalue weighted by Crippen LogP contribution is -1.94. The second kappa shape index (κ2) is 9.03. The molecule has 0 N–H and O–H groups in total. The van der Waals surface area contributed by atoms with Crippen molar-refractivity contribution < 1.29 is 0 Å². The van der Waals surface area contributed by atoms with E-state index >= 15 is 0 Å². The van der Waals surface area contributed by atoms with Crippen LogP contribution in [0.2, 0.25) is 0 Å². The monoisotopic (exact) mass is 530 g/mol. The summed E-state index contributed by atoms with van der Waals surface area (Å²) in [4.78, 5) is 0. The Morgan fingerprint density at radius 3 is 1.43 bits per heavy atom. The molecule has 0 heteroatoms. The Morgan fingerprint density at radius 2 is 0.738 bits per heavy atom. The van der Waals surface area contributed by atoms with E-state index in [1.54, 1.807) is 0 Å². The van der Waals surface area contributed by atoms with Crippen LogP contribution in [0.1, 0.15) is 0 Å². The van der Waals surface area contributed by atoms with Gasteiger partial charge in [-0.3, -0.25) is 0 Å². The Labute approximate surface area is 244 Å². The minimum atomic E-state index is 1.25. The molecule has 0 amide bonds. The zero-order valence-electron chi connectivity index (χ0n) is 23.0. The van der Waals surface area contributed by atoms with Crippen LogP contribution in [0.5, 0.6) is 0 Å². The van der Waals surface area contributed by atoms with Gasteiger partial charge in [0.1, 0.15) is 0 Å². The fraction of sp³-hybridized carbons (Fsp3) is 0. The Bertz CT molecular complexity index is 2460. The maximum absolute atomic E-state index is 2.36. The van der Waals surface area contributed by atoms with Gasteiger partial charge in [0.05, 0.1) is 0 Å². The summed E-state index contributed by atoms with van der Waals surface area (Å²) in [6, 6.07) is 58.2. The van der Waals surface area contributed by atoms with Gasteiger partial charge in [0.15, 0.2) is 0 Å². The molecule has 9 aromatic carbocycles. The molecule has 42 heavy (non-hydrogen) atoms. The van der Waals surface area contributed by atoms with Crippen molar-refractivity contribution >= 4 is 64.6 Å². The topological polar surface area (TPSA) is 0 Å². The van der Waals surface area contributed by atoms with E-state index < -0.39 is 0 Å². The first kappa shape index (κ1) is 23.3. The van der Waals surface area contributed by atoms with Crippen LogP contribution in [-0.2, 0) is 0 Å². The van der Waals surface area contributed by atoms with E-state index in [0.29, 0.717) is 0 Å². The Kier molecular flexibility index (Phi) is 5.00. The van der Waals surface area contributed by atoms with Crippen LogP contribution in [0.25, 0.3) is 86.9 Å². The maximum Gasteiger partial charge on any atom is -0.000764 e. The average molecular weight is 531 g/mol. The largest absolute Gasteiger partial charge is 0.0616 e. The van der Waals surface area contributed by atoms with E-state index in [9.17, 15) is 0 Å². The summed E-state index contributed by atoms with van der Waals surface area (Å²) in [5.41, 5.74) is 5.17. The molecule has 0 heterocycles. The van der Waals surface area contributed by atoms with Gasteiger partial charge in [-0.1, -0.05) is 146 Å². The van der Waals surface area contributed by atoms with Gasteiger partial charge in [-0.25, -0.2) is 0 Å². The molecular weight excluding hydrogens is 504 g/mol. The lowest BCUT2D eigenvalue weighted by molar-refractivity contribution is 1.70. The van der Waals surface area contributed by atoms with E-state index in [-0.39, 0.29) is 0 Å². The van der Waals surface area contributed by atoms with Gasteiger partial charge in [0.25, 0.3) is 0 Å². The van der Waals surface area contributed by atoms with Crippen LogP contribution in [0.3, 0.4) is 0 Å². The first-order chi connectivity index (χ1) is 20.8. The van der Waals surface area contributed by atoms with E-state index in [0.717, 1.165) is 0 Å². The highest BCUT2D eigenvalue weighted by Gasteiger charge is 2.21. The van der Waals surface area contributed by atoms with Crippen molar-refractivity contribution in [3.05, 3.63) is 158 Å². The first-order valence-electron chi connectivity index (χ1n) is 14.6. The summed E-state index contributed by atoms with van der Waals surface area (Å²) in [5.74, 6) is 0. The summed E-state index contributed by atoms with van der Waals surface area (Å²) in [6.45, 7) is 0. The summed E-state index contributed by atoms with van der Waals surface area (Å²) in [6.07, 6.45) is 0. The second-order valence-corrected chi connectivity index (χ2v) is 11.3. The molecule has 0 saturated carbocycles. The number of hydrogen-bond donors (Lipinski definition) is 0. The van der Waals surface area contributed by atoms with Gasteiger partial charge >= 0.3 is 0 Å². The molecule has 0 bridgehead atoms. The third-order valence-electron chi connectivity index (χ3n) is 8.97. The van der Waals surface area contributed by atoms with Gasteiger partial charge in [-0.05, 0) is 99.0 Å². The zero-order chi connectivity index (χ0) is 27.6. The van der Waals surface area contributed by atoms with Crippen LogP contribution in [0.4, 0.5) is 0 Å². The molecule has 9 aromatic rings. The van der Waals surface area contributed by atoms with E-state index in [1.165, 1.54) is 86.9 Å². The summed E-state index contributed by atoms with van der Waals surface area (Å²) in [7, 11) is 0. The second-order valence-electron chi connectivity index (χ2n) is 11.3. The third-order valence-corrected chi connectivity index (χ3v) is 8.97. The molecule has 0 atom stereocenters. The van der Waals surface area contributed by atoms with Crippen molar-refractivity contribution in [2.24, 2.45) is 0 Å². The third kappa shape index (κ3) is 3.36. The molecule has 0 spiro atoms. The Morgan fingerprint density at radius 1 is 0.238 bits per heavy atom. The van der Waals surface area contributed by atoms with Gasteiger partial charge in [0, 0.05) is 0 Å². The number of fused-ring (bicyclic) bond motifs is 7. The predicted octanol–water partition coefficient (Wildman–Crippen LogP) is 11.9. The lowest BCUT2D eigenvalue weighted by atomic mass is 9.81. The Hall–Kier alpha value is -5.46. The molecule has 0 aliphatic rings. The molecule has 0 saturated heterocycles. The molecule has 0 aliphatic heterocycles. The van der Waals surface area contributed by atoms with Gasteiger partial charge < -0.3 is 0 Å². The molecule has 0 radical (unpaired) electrons. The van der Waals surface area contributed by atoms with Crippen LogP contribution >= 0.6 is 0 Å². The summed E-state index contributed by atoms with van der Waals surface area (Å²) < 4.78 is 0. The normalized spacial score (nSPS) is 11.8.